The molecule has 1 fully saturated rings. The highest BCUT2D eigenvalue weighted by atomic mass is 35.5. The van der Waals surface area contributed by atoms with Gasteiger partial charge in [-0.15, -0.1) is 0 Å². The molecule has 2 amide bonds. The predicted octanol–water partition coefficient (Wildman–Crippen LogP) is 3.62. The van der Waals surface area contributed by atoms with Crippen LogP contribution >= 0.6 is 11.6 Å². The highest BCUT2D eigenvalue weighted by molar-refractivity contribution is 6.30. The highest BCUT2D eigenvalue weighted by Gasteiger charge is 2.22. The first-order chi connectivity index (χ1) is 18.8. The molecule has 11 nitrogen and oxygen atoms in total. The second-order valence-corrected chi connectivity index (χ2v) is 9.29. The van der Waals surface area contributed by atoms with Crippen LogP contribution in [-0.2, 0) is 9.59 Å². The molecule has 1 saturated heterocycles. The maximum atomic E-state index is 12.8. The van der Waals surface area contributed by atoms with E-state index in [0.717, 1.165) is 11.4 Å². The Morgan fingerprint density at radius 2 is 1.79 bits per heavy atom. The Balaban J connectivity index is 1.44. The van der Waals surface area contributed by atoms with Crippen molar-refractivity contribution in [2.24, 2.45) is 0 Å². The Morgan fingerprint density at radius 3 is 2.49 bits per heavy atom. The molecule has 12 heteroatoms. The van der Waals surface area contributed by atoms with Gasteiger partial charge in [-0.1, -0.05) is 23.7 Å². The van der Waals surface area contributed by atoms with E-state index in [9.17, 15) is 19.7 Å². The number of halogens is 1. The van der Waals surface area contributed by atoms with Gasteiger partial charge in [-0.25, -0.2) is 9.97 Å². The third-order valence-electron chi connectivity index (χ3n) is 6.03. The van der Waals surface area contributed by atoms with Gasteiger partial charge >= 0.3 is 0 Å². The number of nitrogens with one attached hydrogen (secondary N) is 2. The number of nitro groups is 1. The van der Waals surface area contributed by atoms with Crippen LogP contribution in [0.1, 0.15) is 12.5 Å². The lowest BCUT2D eigenvalue weighted by atomic mass is 10.2. The van der Waals surface area contributed by atoms with Crippen molar-refractivity contribution >= 4 is 46.8 Å². The number of anilines is 2. The van der Waals surface area contributed by atoms with Crippen LogP contribution < -0.4 is 15.5 Å². The number of rotatable bonds is 9. The Bertz CT molecular complexity index is 1370. The van der Waals surface area contributed by atoms with Crippen molar-refractivity contribution in [3.05, 3.63) is 81.4 Å². The lowest BCUT2D eigenvalue weighted by Gasteiger charge is -2.35. The maximum absolute atomic E-state index is 12.8. The van der Waals surface area contributed by atoms with Crippen molar-refractivity contribution in [2.45, 2.75) is 6.92 Å². The molecular formula is C27H28ClN7O4. The van der Waals surface area contributed by atoms with Crippen LogP contribution in [0.25, 0.3) is 17.5 Å². The number of hydrogen-bond donors (Lipinski definition) is 2. The third kappa shape index (κ3) is 7.74. The minimum atomic E-state index is -0.464. The van der Waals surface area contributed by atoms with Crippen LogP contribution in [0.4, 0.5) is 17.3 Å². The number of benzene rings is 2. The molecule has 4 rings (SSSR count). The monoisotopic (exact) mass is 549 g/mol. The summed E-state index contributed by atoms with van der Waals surface area (Å²) >= 11 is 6.05. The van der Waals surface area contributed by atoms with Crippen molar-refractivity contribution in [3.63, 3.8) is 0 Å². The van der Waals surface area contributed by atoms with Crippen molar-refractivity contribution in [1.29, 1.82) is 0 Å². The van der Waals surface area contributed by atoms with E-state index in [0.29, 0.717) is 61.5 Å². The molecule has 0 saturated carbocycles. The van der Waals surface area contributed by atoms with E-state index in [4.69, 9.17) is 16.6 Å². The van der Waals surface area contributed by atoms with Gasteiger partial charge in [0.05, 0.1) is 4.92 Å². The average molecular weight is 550 g/mol. The van der Waals surface area contributed by atoms with Crippen LogP contribution in [0, 0.1) is 10.1 Å². The lowest BCUT2D eigenvalue weighted by Crippen LogP contribution is -2.48. The zero-order valence-corrected chi connectivity index (χ0v) is 22.1. The molecule has 202 valence electrons. The van der Waals surface area contributed by atoms with Crippen molar-refractivity contribution in [2.75, 3.05) is 49.5 Å². The number of amides is 2. The van der Waals surface area contributed by atoms with E-state index >= 15 is 0 Å². The number of aromatic nitrogens is 2. The minimum Gasteiger partial charge on any atom is -0.368 e. The van der Waals surface area contributed by atoms with Crippen LogP contribution in [0.5, 0.6) is 0 Å². The molecule has 3 aromatic rings. The van der Waals surface area contributed by atoms with Gasteiger partial charge in [0.15, 0.2) is 5.82 Å². The highest BCUT2D eigenvalue weighted by Crippen LogP contribution is 2.25. The Hall–Kier alpha value is -4.51. The molecule has 0 spiro atoms. The summed E-state index contributed by atoms with van der Waals surface area (Å²) in [6.07, 6.45) is 3.03. The molecule has 1 aromatic heterocycles. The van der Waals surface area contributed by atoms with Gasteiger partial charge in [0.25, 0.3) is 5.69 Å². The normalized spacial score (nSPS) is 13.4. The molecule has 0 unspecified atom stereocenters. The van der Waals surface area contributed by atoms with Gasteiger partial charge in [0.1, 0.15) is 11.6 Å². The number of non-ortho nitro benzene ring substituents is 1. The van der Waals surface area contributed by atoms with Gasteiger partial charge in [0, 0.05) is 81.1 Å². The van der Waals surface area contributed by atoms with Crippen LogP contribution in [-0.4, -0.2) is 70.9 Å². The summed E-state index contributed by atoms with van der Waals surface area (Å²) < 4.78 is 0. The SMILES string of the molecule is CC(=O)NCCNc1cc(N2CCN(C(=O)/C=C/c3cccc([N+](=O)[O-])c3)CC2)nc(-c2ccc(Cl)cc2)n1. The topological polar surface area (TPSA) is 134 Å². The fourth-order valence-corrected chi connectivity index (χ4v) is 4.14. The van der Waals surface area contributed by atoms with Gasteiger partial charge in [-0.05, 0) is 35.9 Å². The van der Waals surface area contributed by atoms with Crippen LogP contribution in [0.2, 0.25) is 5.02 Å². The Labute approximate surface area is 230 Å². The fraction of sp³-hybridized carbons (Fsp3) is 0.259. The first-order valence-corrected chi connectivity index (χ1v) is 12.8. The summed E-state index contributed by atoms with van der Waals surface area (Å²) in [4.78, 5) is 47.7. The zero-order chi connectivity index (χ0) is 27.8. The molecule has 1 aliphatic heterocycles. The quantitative estimate of drug-likeness (QED) is 0.179. The number of carbonyl (C=O) groups is 2. The van der Waals surface area contributed by atoms with Crippen LogP contribution in [0.3, 0.4) is 0 Å². The van der Waals surface area contributed by atoms with E-state index in [1.807, 2.05) is 18.2 Å². The summed E-state index contributed by atoms with van der Waals surface area (Å²) in [7, 11) is 0. The lowest BCUT2D eigenvalue weighted by molar-refractivity contribution is -0.384. The molecule has 0 aliphatic carbocycles. The molecule has 0 radical (unpaired) electrons. The molecule has 0 atom stereocenters. The van der Waals surface area contributed by atoms with Crippen molar-refractivity contribution in [3.8, 4) is 11.4 Å². The molecule has 0 bridgehead atoms. The average Bonchev–Trinajstić information content (AvgIpc) is 2.94. The van der Waals surface area contributed by atoms with Gasteiger partial charge in [-0.3, -0.25) is 19.7 Å². The molecule has 2 heterocycles. The largest absolute Gasteiger partial charge is 0.368 e. The minimum absolute atomic E-state index is 0.0231. The third-order valence-corrected chi connectivity index (χ3v) is 6.29. The standard InChI is InChI=1S/C27H28ClN7O4/c1-19(36)29-11-12-30-24-18-25(32-27(31-24)21-6-8-22(28)9-7-21)33-13-15-34(16-14-33)26(37)10-5-20-3-2-4-23(17-20)35(38)39/h2-10,17-18H,11-16H2,1H3,(H,29,36)(H,30,31,32)/b10-5+. The second kappa shape index (κ2) is 12.8. The van der Waals surface area contributed by atoms with Crippen molar-refractivity contribution in [1.82, 2.24) is 20.2 Å². The summed E-state index contributed by atoms with van der Waals surface area (Å²) in [6.45, 7) is 4.53. The first-order valence-electron chi connectivity index (χ1n) is 12.4. The number of nitrogens with zero attached hydrogens (tertiary/aromatic N) is 5. The first kappa shape index (κ1) is 27.5. The number of nitro benzene ring substituents is 1. The molecule has 2 aromatic carbocycles. The molecule has 2 N–H and O–H groups in total. The predicted molar refractivity (Wildman–Crippen MR) is 151 cm³/mol. The molecular weight excluding hydrogens is 522 g/mol. The van der Waals surface area contributed by atoms with E-state index in [2.05, 4.69) is 20.5 Å². The summed E-state index contributed by atoms with van der Waals surface area (Å²) in [5.74, 6) is 1.61. The maximum Gasteiger partial charge on any atom is 0.270 e. The smallest absolute Gasteiger partial charge is 0.270 e. The van der Waals surface area contributed by atoms with Gasteiger partial charge < -0.3 is 20.4 Å². The van der Waals surface area contributed by atoms with Gasteiger partial charge in [0.2, 0.25) is 11.8 Å². The second-order valence-electron chi connectivity index (χ2n) is 8.85. The Kier molecular flexibility index (Phi) is 9.06. The number of carbonyl (C=O) groups excluding carboxylic acids is 2. The van der Waals surface area contributed by atoms with E-state index in [-0.39, 0.29) is 17.5 Å². The van der Waals surface area contributed by atoms with Crippen molar-refractivity contribution < 1.29 is 14.5 Å². The zero-order valence-electron chi connectivity index (χ0n) is 21.3. The molecule has 39 heavy (non-hydrogen) atoms. The number of hydrogen-bond acceptors (Lipinski definition) is 8. The molecule has 1 aliphatic rings. The number of piperazine rings is 1. The summed E-state index contributed by atoms with van der Waals surface area (Å²) in [5, 5.41) is 17.6. The van der Waals surface area contributed by atoms with E-state index < -0.39 is 4.92 Å². The fourth-order valence-electron chi connectivity index (χ4n) is 4.02. The summed E-state index contributed by atoms with van der Waals surface area (Å²) in [6, 6.07) is 15.3. The van der Waals surface area contributed by atoms with E-state index in [1.165, 1.54) is 25.1 Å². The summed E-state index contributed by atoms with van der Waals surface area (Å²) in [5.41, 5.74) is 1.38. The van der Waals surface area contributed by atoms with Crippen LogP contribution in [0.15, 0.2) is 60.7 Å². The van der Waals surface area contributed by atoms with Gasteiger partial charge in [-0.2, -0.15) is 0 Å². The Morgan fingerprint density at radius 1 is 1.05 bits per heavy atom. The van der Waals surface area contributed by atoms with E-state index in [1.54, 1.807) is 35.2 Å².